The number of rotatable bonds is 4. The van der Waals surface area contributed by atoms with Crippen LogP contribution in [0, 0.1) is 0 Å². The van der Waals surface area contributed by atoms with E-state index in [-0.39, 0.29) is 22.5 Å². The zero-order valence-electron chi connectivity index (χ0n) is 11.2. The lowest BCUT2D eigenvalue weighted by molar-refractivity contribution is 0.580. The van der Waals surface area contributed by atoms with E-state index < -0.39 is 10.0 Å². The third-order valence-corrected chi connectivity index (χ3v) is 5.39. The predicted octanol–water partition coefficient (Wildman–Crippen LogP) is 2.76. The first-order valence-electron chi connectivity index (χ1n) is 6.60. The van der Waals surface area contributed by atoms with E-state index in [1.807, 2.05) is 30.3 Å². The van der Waals surface area contributed by atoms with Gasteiger partial charge in [-0.05, 0) is 30.2 Å². The Bertz CT molecular complexity index is 762. The highest BCUT2D eigenvalue weighted by Gasteiger charge is 2.41. The summed E-state index contributed by atoms with van der Waals surface area (Å²) in [6.45, 7) is 0. The van der Waals surface area contributed by atoms with Crippen molar-refractivity contribution in [3.63, 3.8) is 0 Å². The van der Waals surface area contributed by atoms with Gasteiger partial charge in [0, 0.05) is 17.0 Å². The second kappa shape index (κ2) is 5.33. The lowest BCUT2D eigenvalue weighted by atomic mass is 10.1. The van der Waals surface area contributed by atoms with Gasteiger partial charge < -0.3 is 5.73 Å². The molecule has 0 radical (unpaired) electrons. The summed E-state index contributed by atoms with van der Waals surface area (Å²) in [5.74, 6) is 0.231. The number of benzene rings is 2. The fraction of sp³-hybridized carbons (Fsp3) is 0.200. The highest BCUT2D eigenvalue weighted by atomic mass is 35.5. The second-order valence-electron chi connectivity index (χ2n) is 5.16. The highest BCUT2D eigenvalue weighted by molar-refractivity contribution is 7.89. The van der Waals surface area contributed by atoms with Gasteiger partial charge in [0.25, 0.3) is 0 Å². The number of hydrogen-bond donors (Lipinski definition) is 2. The van der Waals surface area contributed by atoms with Crippen LogP contribution in [0.2, 0.25) is 5.02 Å². The number of nitrogen functional groups attached to an aromatic ring is 1. The molecule has 1 aliphatic carbocycles. The zero-order chi connectivity index (χ0) is 15.0. The van der Waals surface area contributed by atoms with Gasteiger partial charge >= 0.3 is 0 Å². The first-order chi connectivity index (χ1) is 9.97. The van der Waals surface area contributed by atoms with Crippen LogP contribution in [-0.4, -0.2) is 14.5 Å². The summed E-state index contributed by atoms with van der Waals surface area (Å²) in [7, 11) is -3.62. The Labute approximate surface area is 129 Å². The fourth-order valence-electron chi connectivity index (χ4n) is 2.42. The molecule has 4 nitrogen and oxygen atoms in total. The number of halogens is 1. The standard InChI is InChI=1S/C15H15ClN2O2S/c16-11-6-7-15(13(17)8-11)21(19,20)18-14-9-12(14)10-4-2-1-3-5-10/h1-8,12,14,18H,9,17H2. The molecule has 1 fully saturated rings. The number of hydrogen-bond acceptors (Lipinski definition) is 3. The molecule has 21 heavy (non-hydrogen) atoms. The highest BCUT2D eigenvalue weighted by Crippen LogP contribution is 2.41. The summed E-state index contributed by atoms with van der Waals surface area (Å²) in [5, 5.41) is 0.417. The Kier molecular flexibility index (Phi) is 3.65. The van der Waals surface area contributed by atoms with Crippen molar-refractivity contribution in [1.82, 2.24) is 4.72 Å². The van der Waals surface area contributed by atoms with E-state index in [9.17, 15) is 8.42 Å². The van der Waals surface area contributed by atoms with E-state index in [1.165, 1.54) is 18.2 Å². The smallest absolute Gasteiger partial charge is 0.242 e. The number of nitrogens with two attached hydrogens (primary N) is 1. The van der Waals surface area contributed by atoms with E-state index in [4.69, 9.17) is 17.3 Å². The van der Waals surface area contributed by atoms with Crippen molar-refractivity contribution < 1.29 is 8.42 Å². The van der Waals surface area contributed by atoms with Crippen molar-refractivity contribution in [2.75, 3.05) is 5.73 Å². The molecular weight excluding hydrogens is 308 g/mol. The lowest BCUT2D eigenvalue weighted by Crippen LogP contribution is -2.27. The maximum atomic E-state index is 12.4. The number of anilines is 1. The Morgan fingerprint density at radius 3 is 2.52 bits per heavy atom. The Balaban J connectivity index is 1.76. The van der Waals surface area contributed by atoms with E-state index in [0.29, 0.717) is 5.02 Å². The van der Waals surface area contributed by atoms with E-state index in [1.54, 1.807) is 0 Å². The molecule has 0 heterocycles. The minimum atomic E-state index is -3.62. The van der Waals surface area contributed by atoms with Crippen molar-refractivity contribution in [2.24, 2.45) is 0 Å². The molecule has 1 saturated carbocycles. The molecule has 2 aromatic carbocycles. The van der Waals surface area contributed by atoms with Crippen LogP contribution in [-0.2, 0) is 10.0 Å². The summed E-state index contributed by atoms with van der Waals surface area (Å²) in [4.78, 5) is 0.0746. The SMILES string of the molecule is Nc1cc(Cl)ccc1S(=O)(=O)NC1CC1c1ccccc1. The van der Waals surface area contributed by atoms with E-state index in [0.717, 1.165) is 12.0 Å². The summed E-state index contributed by atoms with van der Waals surface area (Å²) < 4.78 is 27.4. The Morgan fingerprint density at radius 1 is 1.14 bits per heavy atom. The minimum Gasteiger partial charge on any atom is -0.398 e. The van der Waals surface area contributed by atoms with Crippen LogP contribution in [0.25, 0.3) is 0 Å². The van der Waals surface area contributed by atoms with Gasteiger partial charge in [0.15, 0.2) is 0 Å². The molecule has 0 spiro atoms. The topological polar surface area (TPSA) is 72.2 Å². The van der Waals surface area contributed by atoms with Crippen molar-refractivity contribution >= 4 is 27.3 Å². The number of sulfonamides is 1. The first-order valence-corrected chi connectivity index (χ1v) is 8.46. The van der Waals surface area contributed by atoms with Gasteiger partial charge in [0.05, 0.1) is 5.69 Å². The Morgan fingerprint density at radius 2 is 1.86 bits per heavy atom. The summed E-state index contributed by atoms with van der Waals surface area (Å²) in [6, 6.07) is 14.2. The summed E-state index contributed by atoms with van der Waals surface area (Å²) in [6.07, 6.45) is 0.802. The molecule has 0 saturated heterocycles. The maximum Gasteiger partial charge on any atom is 0.242 e. The summed E-state index contributed by atoms with van der Waals surface area (Å²) >= 11 is 5.79. The molecule has 2 atom stereocenters. The van der Waals surface area contributed by atoms with Crippen LogP contribution >= 0.6 is 11.6 Å². The maximum absolute atomic E-state index is 12.4. The second-order valence-corrected chi connectivity index (χ2v) is 7.28. The van der Waals surface area contributed by atoms with Crippen LogP contribution in [0.3, 0.4) is 0 Å². The normalized spacial score (nSPS) is 21.2. The van der Waals surface area contributed by atoms with E-state index >= 15 is 0 Å². The van der Waals surface area contributed by atoms with Crippen LogP contribution in [0.1, 0.15) is 17.9 Å². The van der Waals surface area contributed by atoms with Gasteiger partial charge in [-0.15, -0.1) is 0 Å². The number of nitrogens with one attached hydrogen (secondary N) is 1. The third-order valence-electron chi connectivity index (χ3n) is 3.59. The summed E-state index contributed by atoms with van der Waals surface area (Å²) in [5.41, 5.74) is 7.05. The largest absolute Gasteiger partial charge is 0.398 e. The first kappa shape index (κ1) is 14.4. The van der Waals surface area contributed by atoms with Gasteiger partial charge in [0.1, 0.15) is 4.90 Å². The molecule has 110 valence electrons. The van der Waals surface area contributed by atoms with Crippen LogP contribution in [0.5, 0.6) is 0 Å². The van der Waals surface area contributed by atoms with Crippen LogP contribution in [0.4, 0.5) is 5.69 Å². The molecule has 2 unspecified atom stereocenters. The van der Waals surface area contributed by atoms with Gasteiger partial charge in [-0.25, -0.2) is 13.1 Å². The molecule has 3 N–H and O–H groups in total. The molecule has 0 bridgehead atoms. The molecule has 6 heteroatoms. The molecule has 0 aliphatic heterocycles. The van der Waals surface area contributed by atoms with Crippen molar-refractivity contribution in [3.05, 3.63) is 59.1 Å². The van der Waals surface area contributed by atoms with Crippen molar-refractivity contribution in [2.45, 2.75) is 23.3 Å². The third kappa shape index (κ3) is 3.05. The van der Waals surface area contributed by atoms with Crippen molar-refractivity contribution in [3.8, 4) is 0 Å². The average molecular weight is 323 g/mol. The predicted molar refractivity (Wildman–Crippen MR) is 83.8 cm³/mol. The average Bonchev–Trinajstić information content (AvgIpc) is 3.17. The molecular formula is C15H15ClN2O2S. The molecule has 0 amide bonds. The van der Waals surface area contributed by atoms with Gasteiger partial charge in [-0.1, -0.05) is 41.9 Å². The molecule has 3 rings (SSSR count). The molecule has 2 aromatic rings. The zero-order valence-corrected chi connectivity index (χ0v) is 12.7. The van der Waals surface area contributed by atoms with Gasteiger partial charge in [0.2, 0.25) is 10.0 Å². The Hall–Kier alpha value is -1.56. The quantitative estimate of drug-likeness (QED) is 0.850. The van der Waals surface area contributed by atoms with Crippen LogP contribution in [0.15, 0.2) is 53.4 Å². The van der Waals surface area contributed by atoms with Gasteiger partial charge in [-0.3, -0.25) is 0 Å². The minimum absolute atomic E-state index is 0.0746. The fourth-order valence-corrected chi connectivity index (χ4v) is 4.00. The molecule has 1 aliphatic rings. The van der Waals surface area contributed by atoms with E-state index in [2.05, 4.69) is 4.72 Å². The van der Waals surface area contributed by atoms with Gasteiger partial charge in [-0.2, -0.15) is 0 Å². The lowest BCUT2D eigenvalue weighted by Gasteiger charge is -2.09. The van der Waals surface area contributed by atoms with Crippen LogP contribution < -0.4 is 10.5 Å². The molecule has 0 aromatic heterocycles. The van der Waals surface area contributed by atoms with Crippen molar-refractivity contribution in [1.29, 1.82) is 0 Å². The monoisotopic (exact) mass is 322 g/mol.